The van der Waals surface area contributed by atoms with Gasteiger partial charge in [-0.05, 0) is 97.7 Å². The third-order valence-corrected chi connectivity index (χ3v) is 10.4. The minimum absolute atomic E-state index is 0.0710. The van der Waals surface area contributed by atoms with E-state index in [1.807, 2.05) is 59.4 Å². The van der Waals surface area contributed by atoms with Crippen molar-refractivity contribution in [3.63, 3.8) is 0 Å². The number of carbonyl (C=O) groups is 2. The van der Waals surface area contributed by atoms with Gasteiger partial charge in [0.2, 0.25) is 5.91 Å². The molecule has 1 aromatic carbocycles. The average Bonchev–Trinajstić information content (AvgIpc) is 3.44. The number of hydrogen-bond donors (Lipinski definition) is 0. The van der Waals surface area contributed by atoms with Gasteiger partial charge in [-0.15, -0.1) is 0 Å². The molecule has 2 amide bonds. The fraction of sp³-hybridized carbons (Fsp3) is 0.742. The van der Waals surface area contributed by atoms with Crippen molar-refractivity contribution in [1.29, 1.82) is 0 Å². The van der Waals surface area contributed by atoms with Crippen LogP contribution in [0.25, 0.3) is 0 Å². The molecule has 4 heterocycles. The smallest absolute Gasteiger partial charge is 0.444 e. The maximum atomic E-state index is 14.5. The maximum Gasteiger partial charge on any atom is 0.494 e. The molecular weight excluding hydrogens is 524 g/mol. The van der Waals surface area contributed by atoms with Crippen molar-refractivity contribution in [1.82, 2.24) is 9.80 Å². The highest BCUT2D eigenvalue weighted by molar-refractivity contribution is 6.62. The average molecular weight is 570 g/mol. The first-order valence-electron chi connectivity index (χ1n) is 15.3. The van der Waals surface area contributed by atoms with Gasteiger partial charge in [0.15, 0.2) is 0 Å². The van der Waals surface area contributed by atoms with Crippen LogP contribution in [0.1, 0.15) is 86.1 Å². The summed E-state index contributed by atoms with van der Waals surface area (Å²) in [6.45, 7) is 16.0. The number of fused-ring (bicyclic) bond motifs is 2. The monoisotopic (exact) mass is 569 g/mol. The van der Waals surface area contributed by atoms with Crippen LogP contribution in [0.4, 0.5) is 14.9 Å². The summed E-state index contributed by atoms with van der Waals surface area (Å²) in [5.41, 5.74) is 0.687. The Labute approximate surface area is 244 Å². The Morgan fingerprint density at radius 2 is 1.66 bits per heavy atom. The molecule has 1 atom stereocenters. The third kappa shape index (κ3) is 4.87. The van der Waals surface area contributed by atoms with Crippen LogP contribution in [0.15, 0.2) is 18.2 Å². The zero-order chi connectivity index (χ0) is 29.5. The fourth-order valence-electron chi connectivity index (χ4n) is 7.12. The summed E-state index contributed by atoms with van der Waals surface area (Å²) in [5, 5.41) is 0. The number of piperidine rings is 1. The van der Waals surface area contributed by atoms with Crippen LogP contribution in [0.3, 0.4) is 0 Å². The lowest BCUT2D eigenvalue weighted by atomic mass is 9.71. The Bertz CT molecular complexity index is 1200. The van der Waals surface area contributed by atoms with Crippen LogP contribution in [-0.2, 0) is 24.3 Å². The van der Waals surface area contributed by atoms with E-state index in [1.165, 1.54) is 0 Å². The summed E-state index contributed by atoms with van der Waals surface area (Å²) < 4.78 is 32.2. The predicted octanol–water partition coefficient (Wildman–Crippen LogP) is 4.18. The number of rotatable bonds is 3. The lowest BCUT2D eigenvalue weighted by molar-refractivity contribution is -0.126. The van der Waals surface area contributed by atoms with Crippen LogP contribution in [-0.4, -0.2) is 90.2 Å². The van der Waals surface area contributed by atoms with Crippen molar-refractivity contribution in [3.05, 3.63) is 23.8 Å². The van der Waals surface area contributed by atoms with Crippen LogP contribution in [0.2, 0.25) is 0 Å². The molecule has 41 heavy (non-hydrogen) atoms. The van der Waals surface area contributed by atoms with Gasteiger partial charge in [0.1, 0.15) is 11.8 Å². The normalized spacial score (nSPS) is 30.6. The lowest BCUT2D eigenvalue weighted by Crippen LogP contribution is -2.57. The molecule has 1 aliphatic carbocycles. The molecule has 4 aliphatic heterocycles. The molecule has 10 heteroatoms. The van der Waals surface area contributed by atoms with Crippen LogP contribution >= 0.6 is 0 Å². The van der Waals surface area contributed by atoms with Crippen molar-refractivity contribution in [2.24, 2.45) is 0 Å². The molecule has 1 spiro atoms. The Morgan fingerprint density at radius 3 is 2.22 bits per heavy atom. The van der Waals surface area contributed by atoms with Gasteiger partial charge in [0.05, 0.1) is 16.6 Å². The first-order valence-corrected chi connectivity index (χ1v) is 15.3. The molecule has 0 radical (unpaired) electrons. The van der Waals surface area contributed by atoms with Gasteiger partial charge in [0, 0.05) is 44.0 Å². The number of halogens is 1. The second-order valence-corrected chi connectivity index (χ2v) is 14.7. The zero-order valence-corrected chi connectivity index (χ0v) is 25.7. The second-order valence-electron chi connectivity index (χ2n) is 14.7. The van der Waals surface area contributed by atoms with E-state index in [1.54, 1.807) is 4.90 Å². The summed E-state index contributed by atoms with van der Waals surface area (Å²) in [6, 6.07) is 6.59. The van der Waals surface area contributed by atoms with Crippen LogP contribution in [0, 0.1) is 0 Å². The summed E-state index contributed by atoms with van der Waals surface area (Å²) in [6.07, 6.45) is 2.32. The molecule has 0 N–H and O–H groups in total. The maximum absolute atomic E-state index is 14.5. The predicted molar refractivity (Wildman–Crippen MR) is 156 cm³/mol. The summed E-state index contributed by atoms with van der Waals surface area (Å²) in [7, 11) is -0.520. The van der Waals surface area contributed by atoms with Crippen LogP contribution in [0.5, 0.6) is 0 Å². The Balaban J connectivity index is 1.28. The van der Waals surface area contributed by atoms with Crippen molar-refractivity contribution in [3.8, 4) is 0 Å². The second kappa shape index (κ2) is 9.68. The summed E-state index contributed by atoms with van der Waals surface area (Å²) in [5.74, 6) is 0.121. The highest BCUT2D eigenvalue weighted by Crippen LogP contribution is 2.51. The number of alkyl halides is 1. The molecule has 0 unspecified atom stereocenters. The first kappa shape index (κ1) is 28.9. The number of benzene rings is 1. The van der Waals surface area contributed by atoms with Crippen molar-refractivity contribution in [2.45, 2.75) is 121 Å². The van der Waals surface area contributed by atoms with Crippen LogP contribution < -0.4 is 10.4 Å². The van der Waals surface area contributed by atoms with Gasteiger partial charge in [-0.2, -0.15) is 0 Å². The SMILES string of the molecule is CC(C)(C)OC(=O)N1CCC2(CC1)C(=O)N([C@H]1C[C@@H](N3CC[C@H](F)C3)C1)c1cc(B3OC(C)(C)C(C)(C)O3)ccc12. The largest absolute Gasteiger partial charge is 0.494 e. The molecule has 1 saturated carbocycles. The Morgan fingerprint density at radius 1 is 1.02 bits per heavy atom. The van der Waals surface area contributed by atoms with Gasteiger partial charge in [-0.1, -0.05) is 12.1 Å². The summed E-state index contributed by atoms with van der Waals surface area (Å²) >= 11 is 0. The number of anilines is 1. The number of hydrogen-bond acceptors (Lipinski definition) is 6. The number of likely N-dealkylation sites (tertiary alicyclic amines) is 2. The van der Waals surface area contributed by atoms with E-state index in [0.29, 0.717) is 44.9 Å². The number of nitrogens with zero attached hydrogens (tertiary/aromatic N) is 3. The van der Waals surface area contributed by atoms with Crippen molar-refractivity contribution in [2.75, 3.05) is 31.1 Å². The van der Waals surface area contributed by atoms with Gasteiger partial charge in [0.25, 0.3) is 0 Å². The van der Waals surface area contributed by atoms with Gasteiger partial charge < -0.3 is 23.8 Å². The molecule has 6 rings (SSSR count). The molecule has 224 valence electrons. The molecule has 0 bridgehead atoms. The van der Waals surface area contributed by atoms with E-state index in [2.05, 4.69) is 17.0 Å². The molecule has 1 aromatic rings. The molecule has 3 saturated heterocycles. The molecule has 5 aliphatic rings. The minimum atomic E-state index is -0.746. The lowest BCUT2D eigenvalue weighted by Gasteiger charge is -2.46. The standard InChI is InChI=1S/C31H45BFN3O5/c1-28(2,3)39-27(38)34-14-11-31(12-15-34)24-9-8-20(32-40-29(4,5)30(6,7)41-32)16-25(24)36(26(31)37)23-17-22(18-23)35-13-10-21(33)19-35/h8-9,16,21-23H,10-15,17-19H2,1-7H3/t21-,22-,23+/m0/s1. The van der Waals surface area contributed by atoms with E-state index >= 15 is 0 Å². The minimum Gasteiger partial charge on any atom is -0.444 e. The quantitative estimate of drug-likeness (QED) is 0.509. The molecule has 4 fully saturated rings. The van der Waals surface area contributed by atoms with E-state index in [-0.39, 0.29) is 18.0 Å². The molecule has 0 aromatic heterocycles. The zero-order valence-electron chi connectivity index (χ0n) is 25.7. The highest BCUT2D eigenvalue weighted by atomic mass is 19.1. The third-order valence-electron chi connectivity index (χ3n) is 10.4. The van der Waals surface area contributed by atoms with E-state index in [4.69, 9.17) is 14.0 Å². The number of amides is 2. The fourth-order valence-corrected chi connectivity index (χ4v) is 7.12. The van der Waals surface area contributed by atoms with Crippen molar-refractivity contribution >= 4 is 30.3 Å². The topological polar surface area (TPSA) is 71.6 Å². The van der Waals surface area contributed by atoms with E-state index in [0.717, 1.165) is 36.1 Å². The molecule has 8 nitrogen and oxygen atoms in total. The number of ether oxygens (including phenoxy) is 1. The van der Waals surface area contributed by atoms with Gasteiger partial charge in [-0.25, -0.2) is 9.18 Å². The first-order chi connectivity index (χ1) is 19.1. The van der Waals surface area contributed by atoms with Gasteiger partial charge in [-0.3, -0.25) is 9.69 Å². The van der Waals surface area contributed by atoms with Crippen molar-refractivity contribution < 1.29 is 28.0 Å². The molecular formula is C31H45BFN3O5. The van der Waals surface area contributed by atoms with Gasteiger partial charge >= 0.3 is 13.2 Å². The Hall–Kier alpha value is -2.17. The van der Waals surface area contributed by atoms with E-state index in [9.17, 15) is 14.0 Å². The summed E-state index contributed by atoms with van der Waals surface area (Å²) in [4.78, 5) is 33.3. The van der Waals surface area contributed by atoms with E-state index < -0.39 is 35.5 Å². The number of carbonyl (C=O) groups excluding carboxylic acids is 2. The highest BCUT2D eigenvalue weighted by Gasteiger charge is 2.57. The Kier molecular flexibility index (Phi) is 6.83.